The molecule has 1 amide bonds. The summed E-state index contributed by atoms with van der Waals surface area (Å²) >= 11 is 12.1. The third-order valence-corrected chi connectivity index (χ3v) is 6.49. The minimum atomic E-state index is -1.28. The van der Waals surface area contributed by atoms with Crippen LogP contribution in [0.3, 0.4) is 0 Å². The maximum Gasteiger partial charge on any atom is 0.254 e. The van der Waals surface area contributed by atoms with E-state index in [-0.39, 0.29) is 15.6 Å². The van der Waals surface area contributed by atoms with Gasteiger partial charge in [-0.1, -0.05) is 113 Å². The molecule has 5 nitrogen and oxygen atoms in total. The third kappa shape index (κ3) is 11.3. The van der Waals surface area contributed by atoms with Gasteiger partial charge in [0.25, 0.3) is 5.91 Å². The number of hydrogen-bond donors (Lipinski definition) is 4. The van der Waals surface area contributed by atoms with Crippen LogP contribution in [0.25, 0.3) is 0 Å². The highest BCUT2D eigenvalue weighted by Gasteiger charge is 2.28. The summed E-state index contributed by atoms with van der Waals surface area (Å²) in [5, 5.41) is 33.2. The van der Waals surface area contributed by atoms with Crippen LogP contribution in [-0.4, -0.2) is 46.1 Å². The second kappa shape index (κ2) is 17.6. The molecule has 32 heavy (non-hydrogen) atoms. The Labute approximate surface area is 203 Å². The van der Waals surface area contributed by atoms with Crippen LogP contribution < -0.4 is 5.32 Å². The second-order valence-corrected chi connectivity index (χ2v) is 9.41. The molecule has 0 fully saturated rings. The van der Waals surface area contributed by atoms with Gasteiger partial charge < -0.3 is 20.6 Å². The summed E-state index contributed by atoms with van der Waals surface area (Å²) in [6.45, 7) is 1.73. The zero-order chi connectivity index (χ0) is 23.8. The molecule has 0 bridgehead atoms. The number of aliphatic hydroxyl groups excluding tert-OH is 3. The van der Waals surface area contributed by atoms with E-state index >= 15 is 0 Å². The Kier molecular flexibility index (Phi) is 16.1. The Hall–Kier alpha value is -0.850. The molecule has 4 N–H and O–H groups in total. The van der Waals surface area contributed by atoms with Gasteiger partial charge in [0.15, 0.2) is 0 Å². The number of unbranched alkanes of at least 4 members (excludes halogenated alkanes) is 11. The van der Waals surface area contributed by atoms with Gasteiger partial charge in [0.2, 0.25) is 0 Å². The molecule has 0 aliphatic rings. The van der Waals surface area contributed by atoms with Gasteiger partial charge in [-0.05, 0) is 18.6 Å². The molecule has 0 saturated carbocycles. The molecule has 0 radical (unpaired) electrons. The normalized spacial score (nSPS) is 14.2. The lowest BCUT2D eigenvalue weighted by Crippen LogP contribution is -2.50. The van der Waals surface area contributed by atoms with Crippen LogP contribution in [0.5, 0.6) is 0 Å². The van der Waals surface area contributed by atoms with Crippen LogP contribution in [0.4, 0.5) is 0 Å². The van der Waals surface area contributed by atoms with E-state index in [2.05, 4.69) is 12.2 Å². The summed E-state index contributed by atoms with van der Waals surface area (Å²) < 4.78 is 0. The number of aliphatic hydroxyl groups is 3. The molecule has 3 atom stereocenters. The van der Waals surface area contributed by atoms with E-state index in [1.54, 1.807) is 6.07 Å². The number of hydrogen-bond acceptors (Lipinski definition) is 4. The highest BCUT2D eigenvalue weighted by molar-refractivity contribution is 6.39. The molecule has 0 aromatic heterocycles. The van der Waals surface area contributed by atoms with Crippen LogP contribution in [0.1, 0.15) is 101 Å². The number of carbonyl (C=O) groups is 1. The number of benzene rings is 1. The van der Waals surface area contributed by atoms with Gasteiger partial charge >= 0.3 is 0 Å². The molecule has 0 saturated heterocycles. The van der Waals surface area contributed by atoms with E-state index in [1.165, 1.54) is 69.9 Å². The van der Waals surface area contributed by atoms with E-state index < -0.39 is 30.8 Å². The van der Waals surface area contributed by atoms with Crippen molar-refractivity contribution in [1.29, 1.82) is 0 Å². The largest absolute Gasteiger partial charge is 0.394 e. The van der Waals surface area contributed by atoms with E-state index in [1.807, 2.05) is 0 Å². The summed E-state index contributed by atoms with van der Waals surface area (Å²) in [5.74, 6) is -0.601. The summed E-state index contributed by atoms with van der Waals surface area (Å²) in [6.07, 6.45) is 12.8. The van der Waals surface area contributed by atoms with Gasteiger partial charge in [-0.15, -0.1) is 0 Å². The molecule has 3 unspecified atom stereocenters. The summed E-state index contributed by atoms with van der Waals surface area (Å²) in [4.78, 5) is 12.5. The average molecular weight is 491 g/mol. The Morgan fingerprint density at radius 1 is 0.875 bits per heavy atom. The van der Waals surface area contributed by atoms with Crippen LogP contribution in [0.15, 0.2) is 18.2 Å². The monoisotopic (exact) mass is 489 g/mol. The van der Waals surface area contributed by atoms with Crippen LogP contribution >= 0.6 is 23.2 Å². The Morgan fingerprint density at radius 3 is 1.81 bits per heavy atom. The van der Waals surface area contributed by atoms with E-state index in [0.717, 1.165) is 19.3 Å². The quantitative estimate of drug-likeness (QED) is 0.193. The van der Waals surface area contributed by atoms with Crippen molar-refractivity contribution >= 4 is 29.1 Å². The van der Waals surface area contributed by atoms with Gasteiger partial charge in [0, 0.05) is 0 Å². The molecule has 1 rings (SSSR count). The van der Waals surface area contributed by atoms with Crippen molar-refractivity contribution in [3.8, 4) is 0 Å². The highest BCUT2D eigenvalue weighted by atomic mass is 35.5. The zero-order valence-electron chi connectivity index (χ0n) is 19.4. The van der Waals surface area contributed by atoms with E-state index in [0.29, 0.717) is 6.42 Å². The first-order valence-corrected chi connectivity index (χ1v) is 12.9. The van der Waals surface area contributed by atoms with Crippen molar-refractivity contribution in [3.05, 3.63) is 33.8 Å². The Balaban J connectivity index is 2.23. The molecule has 0 aliphatic carbocycles. The molecular formula is C25H41Cl2NO4. The fourth-order valence-electron chi connectivity index (χ4n) is 3.83. The van der Waals surface area contributed by atoms with Gasteiger partial charge in [0.05, 0.1) is 34.4 Å². The Morgan fingerprint density at radius 2 is 1.34 bits per heavy atom. The van der Waals surface area contributed by atoms with Crippen molar-refractivity contribution in [2.75, 3.05) is 6.61 Å². The first kappa shape index (κ1) is 29.2. The lowest BCUT2D eigenvalue weighted by molar-refractivity contribution is -0.0197. The highest BCUT2D eigenvalue weighted by Crippen LogP contribution is 2.24. The third-order valence-electron chi connectivity index (χ3n) is 5.86. The lowest BCUT2D eigenvalue weighted by atomic mass is 9.99. The average Bonchev–Trinajstić information content (AvgIpc) is 2.77. The second-order valence-electron chi connectivity index (χ2n) is 8.59. The first-order valence-electron chi connectivity index (χ1n) is 12.1. The molecule has 0 spiro atoms. The molecule has 1 aromatic carbocycles. The number of amides is 1. The summed E-state index contributed by atoms with van der Waals surface area (Å²) in [6, 6.07) is 3.69. The molecular weight excluding hydrogens is 449 g/mol. The standard InChI is InChI=1S/C25H41Cl2NO4/c1-2-3-4-5-6-7-8-9-10-11-12-13-17-22(30)24(31)21(18-29)28-25(32)23-19(26)15-14-16-20(23)27/h14-16,21-22,24,29-31H,2-13,17-18H2,1H3,(H,28,32). The molecule has 184 valence electrons. The smallest absolute Gasteiger partial charge is 0.254 e. The fraction of sp³-hybridized carbons (Fsp3) is 0.720. The van der Waals surface area contributed by atoms with Crippen molar-refractivity contribution in [2.45, 2.75) is 109 Å². The molecule has 1 aromatic rings. The fourth-order valence-corrected chi connectivity index (χ4v) is 4.40. The minimum Gasteiger partial charge on any atom is -0.394 e. The minimum absolute atomic E-state index is 0.0805. The zero-order valence-corrected chi connectivity index (χ0v) is 20.9. The number of carbonyl (C=O) groups excluding carboxylic acids is 1. The SMILES string of the molecule is CCCCCCCCCCCCCCC(O)C(O)C(CO)NC(=O)c1c(Cl)cccc1Cl. The van der Waals surface area contributed by atoms with Crippen molar-refractivity contribution in [2.24, 2.45) is 0 Å². The molecule has 0 aliphatic heterocycles. The number of rotatable bonds is 18. The maximum atomic E-state index is 12.5. The predicted octanol–water partition coefficient (Wildman–Crippen LogP) is 5.90. The van der Waals surface area contributed by atoms with Crippen molar-refractivity contribution < 1.29 is 20.1 Å². The predicted molar refractivity (Wildman–Crippen MR) is 133 cm³/mol. The van der Waals surface area contributed by atoms with E-state index in [9.17, 15) is 20.1 Å². The topological polar surface area (TPSA) is 89.8 Å². The van der Waals surface area contributed by atoms with Gasteiger partial charge in [0.1, 0.15) is 6.10 Å². The molecule has 7 heteroatoms. The van der Waals surface area contributed by atoms with Gasteiger partial charge in [-0.3, -0.25) is 4.79 Å². The van der Waals surface area contributed by atoms with Crippen molar-refractivity contribution in [3.63, 3.8) is 0 Å². The Bertz CT molecular complexity index is 624. The van der Waals surface area contributed by atoms with Crippen molar-refractivity contribution in [1.82, 2.24) is 5.32 Å². The molecule has 0 heterocycles. The van der Waals surface area contributed by atoms with Crippen LogP contribution in [0.2, 0.25) is 10.0 Å². The van der Waals surface area contributed by atoms with Crippen LogP contribution in [0, 0.1) is 0 Å². The lowest BCUT2D eigenvalue weighted by Gasteiger charge is -2.26. The number of halogens is 2. The first-order chi connectivity index (χ1) is 15.4. The number of nitrogens with one attached hydrogen (secondary N) is 1. The van der Waals surface area contributed by atoms with E-state index in [4.69, 9.17) is 23.2 Å². The maximum absolute atomic E-state index is 12.5. The van der Waals surface area contributed by atoms with Crippen LogP contribution in [-0.2, 0) is 0 Å². The van der Waals surface area contributed by atoms with Gasteiger partial charge in [-0.25, -0.2) is 0 Å². The van der Waals surface area contributed by atoms with Gasteiger partial charge in [-0.2, -0.15) is 0 Å². The summed E-state index contributed by atoms with van der Waals surface area (Å²) in [7, 11) is 0. The summed E-state index contributed by atoms with van der Waals surface area (Å²) in [5.41, 5.74) is 0.0805.